The van der Waals surface area contributed by atoms with Gasteiger partial charge in [-0.15, -0.1) is 0 Å². The molecule has 2 aromatic rings. The number of anilines is 1. The number of pyridine rings is 1. The third-order valence-corrected chi connectivity index (χ3v) is 6.13. The van der Waals surface area contributed by atoms with Gasteiger partial charge in [0.05, 0.1) is 5.41 Å². The fourth-order valence-corrected chi connectivity index (χ4v) is 4.35. The molecule has 0 bridgehead atoms. The van der Waals surface area contributed by atoms with E-state index in [0.29, 0.717) is 25.9 Å². The maximum absolute atomic E-state index is 13.0. The number of rotatable bonds is 1. The number of hydrogen-bond donors (Lipinski definition) is 1. The van der Waals surface area contributed by atoms with E-state index in [-0.39, 0.29) is 22.9 Å². The number of aromatic amines is 1. The average molecular weight is 365 g/mol. The summed E-state index contributed by atoms with van der Waals surface area (Å²) < 4.78 is 0. The monoisotopic (exact) mass is 365 g/mol. The molecule has 1 spiro atoms. The lowest BCUT2D eigenvalue weighted by atomic mass is 9.73. The van der Waals surface area contributed by atoms with Gasteiger partial charge in [0.25, 0.3) is 11.5 Å². The third kappa shape index (κ3) is 2.51. The van der Waals surface area contributed by atoms with E-state index in [0.717, 1.165) is 22.5 Å². The first-order chi connectivity index (χ1) is 12.8. The van der Waals surface area contributed by atoms with E-state index in [1.165, 1.54) is 0 Å². The van der Waals surface area contributed by atoms with Crippen molar-refractivity contribution >= 4 is 17.5 Å². The minimum atomic E-state index is -0.558. The average Bonchev–Trinajstić information content (AvgIpc) is 2.87. The van der Waals surface area contributed by atoms with Crippen molar-refractivity contribution in [2.24, 2.45) is 0 Å². The summed E-state index contributed by atoms with van der Waals surface area (Å²) in [6, 6.07) is 9.53. The number of aryl methyl sites for hydroxylation is 2. The summed E-state index contributed by atoms with van der Waals surface area (Å²) in [5.74, 6) is -0.166. The molecule has 1 fully saturated rings. The second-order valence-electron chi connectivity index (χ2n) is 7.58. The SMILES string of the molecule is Cc1cc(C(=O)N2CCC3(CC2)C(=O)N(C)c2ccccc23)c(=O)[nH]c1C. The van der Waals surface area contributed by atoms with E-state index in [1.807, 2.05) is 45.2 Å². The number of amides is 2. The molecule has 0 aliphatic carbocycles. The lowest BCUT2D eigenvalue weighted by molar-refractivity contribution is -0.124. The molecule has 1 aromatic heterocycles. The summed E-state index contributed by atoms with van der Waals surface area (Å²) in [4.78, 5) is 44.3. The van der Waals surface area contributed by atoms with Crippen molar-refractivity contribution in [1.29, 1.82) is 0 Å². The van der Waals surface area contributed by atoms with E-state index in [1.54, 1.807) is 15.9 Å². The molecule has 4 rings (SSSR count). The van der Waals surface area contributed by atoms with Crippen LogP contribution in [0.5, 0.6) is 0 Å². The number of hydrogen-bond acceptors (Lipinski definition) is 3. The first-order valence-corrected chi connectivity index (χ1v) is 9.22. The van der Waals surface area contributed by atoms with Crippen LogP contribution in [0.2, 0.25) is 0 Å². The number of aromatic nitrogens is 1. The predicted molar refractivity (Wildman–Crippen MR) is 103 cm³/mol. The van der Waals surface area contributed by atoms with Gasteiger partial charge in [-0.2, -0.15) is 0 Å². The standard InChI is InChI=1S/C21H23N3O3/c1-13-12-15(18(25)22-14(13)2)19(26)24-10-8-21(9-11-24)16-6-4-5-7-17(16)23(3)20(21)27/h4-7,12H,8-11H2,1-3H3,(H,22,25). The van der Waals surface area contributed by atoms with Crippen molar-refractivity contribution in [1.82, 2.24) is 9.88 Å². The number of likely N-dealkylation sites (tertiary alicyclic amines) is 1. The molecule has 2 amide bonds. The van der Waals surface area contributed by atoms with E-state index in [9.17, 15) is 14.4 Å². The van der Waals surface area contributed by atoms with Gasteiger partial charge in [-0.25, -0.2) is 0 Å². The number of piperidine rings is 1. The predicted octanol–water partition coefficient (Wildman–Crippen LogP) is 2.14. The number of carbonyl (C=O) groups is 2. The molecule has 2 aliphatic rings. The molecule has 140 valence electrons. The summed E-state index contributed by atoms with van der Waals surface area (Å²) in [5.41, 5.74) is 2.91. The van der Waals surface area contributed by atoms with Crippen LogP contribution in [0.4, 0.5) is 5.69 Å². The largest absolute Gasteiger partial charge is 0.338 e. The van der Waals surface area contributed by atoms with Gasteiger partial charge in [-0.1, -0.05) is 18.2 Å². The molecule has 1 saturated heterocycles. The van der Waals surface area contributed by atoms with Gasteiger partial charge in [0.2, 0.25) is 5.91 Å². The fourth-order valence-electron chi connectivity index (χ4n) is 4.35. The number of nitrogens with zero attached hydrogens (tertiary/aromatic N) is 2. The Bertz CT molecular complexity index is 1000. The van der Waals surface area contributed by atoms with Crippen molar-refractivity contribution in [3.63, 3.8) is 0 Å². The van der Waals surface area contributed by atoms with Gasteiger partial charge < -0.3 is 14.8 Å². The number of carbonyl (C=O) groups excluding carboxylic acids is 2. The lowest BCUT2D eigenvalue weighted by Crippen LogP contribution is -2.50. The van der Waals surface area contributed by atoms with Crippen LogP contribution in [0.1, 0.15) is 40.0 Å². The Labute approximate surface area is 157 Å². The summed E-state index contributed by atoms with van der Waals surface area (Å²) in [7, 11) is 1.81. The summed E-state index contributed by atoms with van der Waals surface area (Å²) in [6.45, 7) is 4.60. The highest BCUT2D eigenvalue weighted by atomic mass is 16.2. The number of H-pyrrole nitrogens is 1. The Morgan fingerprint density at radius 1 is 1.11 bits per heavy atom. The Morgan fingerprint density at radius 3 is 2.48 bits per heavy atom. The zero-order valence-electron chi connectivity index (χ0n) is 15.8. The first-order valence-electron chi connectivity index (χ1n) is 9.22. The Balaban J connectivity index is 1.60. The fraction of sp³-hybridized carbons (Fsp3) is 0.381. The Kier molecular flexibility index (Phi) is 3.94. The van der Waals surface area contributed by atoms with Crippen LogP contribution in [-0.2, 0) is 10.2 Å². The quantitative estimate of drug-likeness (QED) is 0.841. The molecule has 1 N–H and O–H groups in total. The molecule has 2 aliphatic heterocycles. The highest BCUT2D eigenvalue weighted by Crippen LogP contribution is 2.47. The first kappa shape index (κ1) is 17.5. The minimum Gasteiger partial charge on any atom is -0.338 e. The highest BCUT2D eigenvalue weighted by Gasteiger charge is 2.51. The van der Waals surface area contributed by atoms with Crippen LogP contribution in [-0.4, -0.2) is 41.8 Å². The number of benzene rings is 1. The van der Waals surface area contributed by atoms with Crippen molar-refractivity contribution in [3.8, 4) is 0 Å². The Morgan fingerprint density at radius 2 is 1.78 bits per heavy atom. The normalized spacial score (nSPS) is 18.1. The van der Waals surface area contributed by atoms with Crippen LogP contribution in [0.3, 0.4) is 0 Å². The molecule has 0 unspecified atom stereocenters. The zero-order valence-corrected chi connectivity index (χ0v) is 15.8. The number of para-hydroxylation sites is 1. The molecule has 0 atom stereocenters. The highest BCUT2D eigenvalue weighted by molar-refractivity contribution is 6.08. The number of nitrogens with one attached hydrogen (secondary N) is 1. The van der Waals surface area contributed by atoms with E-state index in [4.69, 9.17) is 0 Å². The van der Waals surface area contributed by atoms with Crippen LogP contribution >= 0.6 is 0 Å². The van der Waals surface area contributed by atoms with Crippen molar-refractivity contribution in [2.75, 3.05) is 25.0 Å². The van der Waals surface area contributed by atoms with Gasteiger partial charge >= 0.3 is 0 Å². The molecular formula is C21H23N3O3. The maximum atomic E-state index is 13.0. The Hall–Kier alpha value is -2.89. The second-order valence-corrected chi connectivity index (χ2v) is 7.58. The van der Waals surface area contributed by atoms with Gasteiger partial charge in [0.1, 0.15) is 5.56 Å². The molecule has 0 saturated carbocycles. The van der Waals surface area contributed by atoms with Gasteiger partial charge in [0, 0.05) is 31.5 Å². The van der Waals surface area contributed by atoms with Gasteiger partial charge in [-0.05, 0) is 49.9 Å². The second kappa shape index (κ2) is 6.08. The molecule has 6 nitrogen and oxygen atoms in total. The number of likely N-dealkylation sites (N-methyl/N-ethyl adjacent to an activating group) is 1. The maximum Gasteiger partial charge on any atom is 0.261 e. The molecular weight excluding hydrogens is 342 g/mol. The van der Waals surface area contributed by atoms with Crippen molar-refractivity contribution in [2.45, 2.75) is 32.1 Å². The molecule has 6 heteroatoms. The van der Waals surface area contributed by atoms with Crippen LogP contribution in [0.15, 0.2) is 35.1 Å². The summed E-state index contributed by atoms with van der Waals surface area (Å²) >= 11 is 0. The molecule has 27 heavy (non-hydrogen) atoms. The van der Waals surface area contributed by atoms with Gasteiger partial charge in [0.15, 0.2) is 0 Å². The molecule has 1 aromatic carbocycles. The van der Waals surface area contributed by atoms with E-state index in [2.05, 4.69) is 4.98 Å². The molecule has 3 heterocycles. The van der Waals surface area contributed by atoms with Crippen LogP contribution in [0, 0.1) is 13.8 Å². The zero-order chi connectivity index (χ0) is 19.3. The van der Waals surface area contributed by atoms with E-state index >= 15 is 0 Å². The number of fused-ring (bicyclic) bond motifs is 2. The summed E-state index contributed by atoms with van der Waals surface area (Å²) in [6.07, 6.45) is 1.14. The van der Waals surface area contributed by atoms with Gasteiger partial charge in [-0.3, -0.25) is 14.4 Å². The van der Waals surface area contributed by atoms with E-state index < -0.39 is 5.41 Å². The topological polar surface area (TPSA) is 73.5 Å². The van der Waals surface area contributed by atoms with Crippen LogP contribution in [0.25, 0.3) is 0 Å². The molecule has 0 radical (unpaired) electrons. The third-order valence-electron chi connectivity index (χ3n) is 6.13. The lowest BCUT2D eigenvalue weighted by Gasteiger charge is -2.38. The van der Waals surface area contributed by atoms with Crippen molar-refractivity contribution in [3.05, 3.63) is 63.1 Å². The minimum absolute atomic E-state index is 0.0971. The van der Waals surface area contributed by atoms with Crippen LogP contribution < -0.4 is 10.5 Å². The summed E-state index contributed by atoms with van der Waals surface area (Å²) in [5, 5.41) is 0. The smallest absolute Gasteiger partial charge is 0.261 e. The van der Waals surface area contributed by atoms with Crippen molar-refractivity contribution < 1.29 is 9.59 Å².